The molecule has 3 rings (SSSR count). The second-order valence-electron chi connectivity index (χ2n) is 5.27. The molecule has 0 unspecified atom stereocenters. The molecule has 0 aliphatic carbocycles. The Balaban J connectivity index is 1.82. The smallest absolute Gasteiger partial charge is 0.274 e. The Labute approximate surface area is 160 Å². The molecule has 0 radical (unpaired) electrons. The number of halogens is 2. The Hall–Kier alpha value is -3.07. The van der Waals surface area contributed by atoms with E-state index >= 15 is 0 Å². The highest BCUT2D eigenvalue weighted by Crippen LogP contribution is 2.30. The van der Waals surface area contributed by atoms with Gasteiger partial charge in [-0.3, -0.25) is 9.78 Å². The predicted molar refractivity (Wildman–Crippen MR) is 103 cm³/mol. The average molecular weight is 383 g/mol. The monoisotopic (exact) mass is 382 g/mol. The molecule has 0 saturated heterocycles. The second kappa shape index (κ2) is 7.87. The number of aromatic nitrogens is 1. The van der Waals surface area contributed by atoms with Gasteiger partial charge in [0.1, 0.15) is 11.8 Å². The van der Waals surface area contributed by atoms with Crippen LogP contribution in [0.2, 0.25) is 10.0 Å². The number of carbonyl (C=O) groups excluding carboxylic acids is 1. The lowest BCUT2D eigenvalue weighted by atomic mass is 10.2. The number of nitrogens with one attached hydrogen (secondary N) is 2. The number of carbonyl (C=O) groups is 1. The van der Waals surface area contributed by atoms with Crippen LogP contribution in [0.15, 0.2) is 60.8 Å². The molecule has 0 atom stereocenters. The molecule has 1 heterocycles. The quantitative estimate of drug-likeness (QED) is 0.645. The van der Waals surface area contributed by atoms with Crippen molar-refractivity contribution in [1.29, 1.82) is 5.26 Å². The molecule has 3 aromatic rings. The summed E-state index contributed by atoms with van der Waals surface area (Å²) in [5, 5.41) is 15.6. The molecular formula is C19H12Cl2N4O. The summed E-state index contributed by atoms with van der Waals surface area (Å²) in [6.07, 6.45) is 1.51. The van der Waals surface area contributed by atoms with Crippen LogP contribution in [0.4, 0.5) is 17.1 Å². The van der Waals surface area contributed by atoms with Gasteiger partial charge in [-0.05, 0) is 36.4 Å². The summed E-state index contributed by atoms with van der Waals surface area (Å²) in [5.74, 6) is -0.425. The fourth-order valence-electron chi connectivity index (χ4n) is 2.26. The Morgan fingerprint density at radius 3 is 2.62 bits per heavy atom. The minimum atomic E-state index is -0.425. The maximum absolute atomic E-state index is 12.4. The molecule has 26 heavy (non-hydrogen) atoms. The number of nitrogens with zero attached hydrogens (tertiary/aromatic N) is 2. The first kappa shape index (κ1) is 17.7. The largest absolute Gasteiger partial charge is 0.354 e. The van der Waals surface area contributed by atoms with Crippen molar-refractivity contribution < 1.29 is 4.79 Å². The van der Waals surface area contributed by atoms with E-state index in [1.54, 1.807) is 48.5 Å². The molecule has 0 spiro atoms. The Morgan fingerprint density at radius 1 is 1.04 bits per heavy atom. The highest BCUT2D eigenvalue weighted by molar-refractivity contribution is 6.44. The summed E-state index contributed by atoms with van der Waals surface area (Å²) in [7, 11) is 0. The molecule has 0 bridgehead atoms. The first-order valence-electron chi connectivity index (χ1n) is 7.56. The molecular weight excluding hydrogens is 371 g/mol. The van der Waals surface area contributed by atoms with Gasteiger partial charge in [-0.1, -0.05) is 41.4 Å². The number of nitriles is 1. The molecule has 0 fully saturated rings. The van der Waals surface area contributed by atoms with Crippen molar-refractivity contribution in [3.63, 3.8) is 0 Å². The Kier molecular flexibility index (Phi) is 5.37. The minimum absolute atomic E-state index is 0.195. The van der Waals surface area contributed by atoms with Gasteiger partial charge in [-0.2, -0.15) is 5.26 Å². The number of rotatable bonds is 4. The molecule has 128 valence electrons. The summed E-state index contributed by atoms with van der Waals surface area (Å²) >= 11 is 12.0. The van der Waals surface area contributed by atoms with Gasteiger partial charge in [0.25, 0.3) is 5.91 Å². The van der Waals surface area contributed by atoms with Crippen LogP contribution in [0, 0.1) is 11.3 Å². The van der Waals surface area contributed by atoms with E-state index in [0.717, 1.165) is 0 Å². The van der Waals surface area contributed by atoms with Crippen LogP contribution in [-0.2, 0) is 0 Å². The Morgan fingerprint density at radius 2 is 1.81 bits per heavy atom. The van der Waals surface area contributed by atoms with Gasteiger partial charge < -0.3 is 10.6 Å². The zero-order valence-corrected chi connectivity index (χ0v) is 14.8. The summed E-state index contributed by atoms with van der Waals surface area (Å²) in [6.45, 7) is 0. The van der Waals surface area contributed by atoms with Crippen molar-refractivity contribution in [3.05, 3.63) is 82.1 Å². The van der Waals surface area contributed by atoms with Gasteiger partial charge in [-0.15, -0.1) is 0 Å². The van der Waals surface area contributed by atoms with E-state index in [1.807, 2.05) is 6.07 Å². The molecule has 2 aromatic carbocycles. The van der Waals surface area contributed by atoms with Crippen LogP contribution in [-0.4, -0.2) is 10.9 Å². The zero-order chi connectivity index (χ0) is 18.5. The number of hydrogen-bond donors (Lipinski definition) is 2. The molecule has 5 nitrogen and oxygen atoms in total. The van der Waals surface area contributed by atoms with Crippen LogP contribution in [0.3, 0.4) is 0 Å². The van der Waals surface area contributed by atoms with Crippen LogP contribution < -0.4 is 10.6 Å². The molecule has 0 aliphatic heterocycles. The Bertz CT molecular complexity index is 1010. The van der Waals surface area contributed by atoms with E-state index in [-0.39, 0.29) is 10.7 Å². The van der Waals surface area contributed by atoms with E-state index in [2.05, 4.69) is 21.7 Å². The molecule has 7 heteroatoms. The molecule has 0 saturated carbocycles. The highest BCUT2D eigenvalue weighted by Gasteiger charge is 2.12. The van der Waals surface area contributed by atoms with E-state index in [0.29, 0.717) is 27.6 Å². The van der Waals surface area contributed by atoms with Gasteiger partial charge in [0.05, 0.1) is 27.0 Å². The average Bonchev–Trinajstić information content (AvgIpc) is 2.66. The third-order valence-corrected chi connectivity index (χ3v) is 4.34. The lowest BCUT2D eigenvalue weighted by Gasteiger charge is -2.10. The van der Waals surface area contributed by atoms with Gasteiger partial charge in [-0.25, -0.2) is 0 Å². The van der Waals surface area contributed by atoms with Crippen LogP contribution >= 0.6 is 23.2 Å². The SMILES string of the molecule is N#Cc1ccccc1Nc1ccnc(C(=O)Nc2cccc(Cl)c2Cl)c1. The van der Waals surface area contributed by atoms with E-state index in [1.165, 1.54) is 6.20 Å². The van der Waals surface area contributed by atoms with Crippen molar-refractivity contribution in [2.24, 2.45) is 0 Å². The normalized spacial score (nSPS) is 10.0. The summed E-state index contributed by atoms with van der Waals surface area (Å²) in [5.41, 5.74) is 2.37. The topological polar surface area (TPSA) is 77.8 Å². The summed E-state index contributed by atoms with van der Waals surface area (Å²) in [6, 6.07) is 17.5. The fourth-order valence-corrected chi connectivity index (χ4v) is 2.61. The van der Waals surface area contributed by atoms with Gasteiger partial charge in [0.2, 0.25) is 0 Å². The highest BCUT2D eigenvalue weighted by atomic mass is 35.5. The van der Waals surface area contributed by atoms with Crippen molar-refractivity contribution in [1.82, 2.24) is 4.98 Å². The number of para-hydroxylation sites is 1. The van der Waals surface area contributed by atoms with E-state index in [4.69, 9.17) is 28.5 Å². The first-order chi connectivity index (χ1) is 12.6. The van der Waals surface area contributed by atoms with Crippen LogP contribution in [0.25, 0.3) is 0 Å². The zero-order valence-electron chi connectivity index (χ0n) is 13.3. The maximum Gasteiger partial charge on any atom is 0.274 e. The number of amides is 1. The standard InChI is InChI=1S/C19H12Cl2N4O/c20-14-5-3-7-16(18(14)21)25-19(26)17-10-13(8-9-23-17)24-15-6-2-1-4-12(15)11-22/h1-10H,(H,23,24)(H,25,26). The third kappa shape index (κ3) is 3.94. The van der Waals surface area contributed by atoms with Crippen LogP contribution in [0.1, 0.15) is 16.1 Å². The molecule has 2 N–H and O–H groups in total. The van der Waals surface area contributed by atoms with Crippen molar-refractivity contribution in [2.45, 2.75) is 0 Å². The van der Waals surface area contributed by atoms with E-state index < -0.39 is 5.91 Å². The van der Waals surface area contributed by atoms with Gasteiger partial charge in [0.15, 0.2) is 0 Å². The molecule has 1 aromatic heterocycles. The fraction of sp³-hybridized carbons (Fsp3) is 0. The number of pyridine rings is 1. The number of hydrogen-bond acceptors (Lipinski definition) is 4. The number of benzene rings is 2. The van der Waals surface area contributed by atoms with Crippen molar-refractivity contribution in [3.8, 4) is 6.07 Å². The lowest BCUT2D eigenvalue weighted by molar-refractivity contribution is 0.102. The van der Waals surface area contributed by atoms with Crippen molar-refractivity contribution >= 4 is 46.2 Å². The molecule has 1 amide bonds. The maximum atomic E-state index is 12.4. The lowest BCUT2D eigenvalue weighted by Crippen LogP contribution is -2.14. The molecule has 0 aliphatic rings. The number of anilines is 3. The predicted octanol–water partition coefficient (Wildman–Crippen LogP) is 5.26. The second-order valence-corrected chi connectivity index (χ2v) is 6.05. The summed E-state index contributed by atoms with van der Waals surface area (Å²) < 4.78 is 0. The first-order valence-corrected chi connectivity index (χ1v) is 8.31. The van der Waals surface area contributed by atoms with Crippen LogP contribution in [0.5, 0.6) is 0 Å². The summed E-state index contributed by atoms with van der Waals surface area (Å²) in [4.78, 5) is 16.5. The van der Waals surface area contributed by atoms with Crippen molar-refractivity contribution in [2.75, 3.05) is 10.6 Å². The van der Waals surface area contributed by atoms with E-state index in [9.17, 15) is 4.79 Å². The van der Waals surface area contributed by atoms with Gasteiger partial charge >= 0.3 is 0 Å². The minimum Gasteiger partial charge on any atom is -0.354 e. The third-order valence-electron chi connectivity index (χ3n) is 3.52. The van der Waals surface area contributed by atoms with Gasteiger partial charge in [0, 0.05) is 11.9 Å².